The first-order valence-electron chi connectivity index (χ1n) is 8.03. The van der Waals surface area contributed by atoms with Gasteiger partial charge < -0.3 is 10.6 Å². The van der Waals surface area contributed by atoms with Crippen molar-refractivity contribution in [3.8, 4) is 23.3 Å². The van der Waals surface area contributed by atoms with Crippen LogP contribution in [0.15, 0.2) is 35.0 Å². The van der Waals surface area contributed by atoms with Gasteiger partial charge in [-0.05, 0) is 30.0 Å². The second kappa shape index (κ2) is 8.86. The summed E-state index contributed by atoms with van der Waals surface area (Å²) < 4.78 is 0. The van der Waals surface area contributed by atoms with Crippen molar-refractivity contribution in [1.82, 2.24) is 5.32 Å². The van der Waals surface area contributed by atoms with Crippen LogP contribution in [-0.2, 0) is 4.79 Å². The molecule has 1 aromatic heterocycles. The number of nitrogens with one attached hydrogen (secondary N) is 2. The van der Waals surface area contributed by atoms with E-state index in [1.165, 1.54) is 0 Å². The number of rotatable bonds is 7. The molecule has 1 aromatic carbocycles. The molecule has 128 valence electrons. The number of carbonyl (C=O) groups excluding carboxylic acids is 1. The van der Waals surface area contributed by atoms with Gasteiger partial charge in [0.1, 0.15) is 12.6 Å². The van der Waals surface area contributed by atoms with E-state index in [1.807, 2.05) is 29.0 Å². The monoisotopic (exact) mass is 352 g/mol. The Hall–Kier alpha value is -2.83. The molecular formula is C19H20N4OS. The van der Waals surface area contributed by atoms with Crippen LogP contribution in [0, 0.1) is 28.6 Å². The minimum absolute atomic E-state index is 0.00121. The van der Waals surface area contributed by atoms with Crippen molar-refractivity contribution >= 4 is 22.9 Å². The molecular weight excluding hydrogens is 332 g/mol. The summed E-state index contributed by atoms with van der Waals surface area (Å²) in [4.78, 5) is 12.3. The number of anilines is 1. The largest absolute Gasteiger partial charge is 0.372 e. The lowest BCUT2D eigenvalue weighted by molar-refractivity contribution is -0.121. The quantitative estimate of drug-likeness (QED) is 0.743. The van der Waals surface area contributed by atoms with Crippen LogP contribution >= 0.6 is 11.3 Å². The van der Waals surface area contributed by atoms with E-state index in [-0.39, 0.29) is 12.5 Å². The minimum atomic E-state index is -0.403. The van der Waals surface area contributed by atoms with Crippen LogP contribution in [0.5, 0.6) is 0 Å². The van der Waals surface area contributed by atoms with Gasteiger partial charge in [-0.3, -0.25) is 4.79 Å². The van der Waals surface area contributed by atoms with Gasteiger partial charge in [0.05, 0.1) is 23.4 Å². The van der Waals surface area contributed by atoms with Crippen molar-refractivity contribution in [2.75, 3.05) is 11.9 Å². The molecule has 0 saturated heterocycles. The van der Waals surface area contributed by atoms with Gasteiger partial charge in [-0.2, -0.15) is 10.5 Å². The van der Waals surface area contributed by atoms with Crippen LogP contribution in [0.25, 0.3) is 11.1 Å². The molecule has 1 amide bonds. The molecule has 25 heavy (non-hydrogen) atoms. The highest BCUT2D eigenvalue weighted by atomic mass is 32.1. The smallest absolute Gasteiger partial charge is 0.243 e. The minimum Gasteiger partial charge on any atom is -0.372 e. The molecule has 0 spiro atoms. The lowest BCUT2D eigenvalue weighted by Crippen LogP contribution is -2.40. The second-order valence-corrected chi connectivity index (χ2v) is 6.83. The molecule has 2 aromatic rings. The average Bonchev–Trinajstić information content (AvgIpc) is 3.07. The Kier molecular flexibility index (Phi) is 6.56. The summed E-state index contributed by atoms with van der Waals surface area (Å²) in [5.74, 6) is 0.162. The summed E-state index contributed by atoms with van der Waals surface area (Å²) in [7, 11) is 0. The van der Waals surface area contributed by atoms with E-state index in [0.29, 0.717) is 17.9 Å². The van der Waals surface area contributed by atoms with E-state index in [2.05, 4.69) is 30.6 Å². The lowest BCUT2D eigenvalue weighted by Gasteiger charge is -2.21. The lowest BCUT2D eigenvalue weighted by atomic mass is 10.0. The zero-order valence-electron chi connectivity index (χ0n) is 14.2. The van der Waals surface area contributed by atoms with Crippen LogP contribution in [0.2, 0.25) is 0 Å². The zero-order chi connectivity index (χ0) is 18.2. The summed E-state index contributed by atoms with van der Waals surface area (Å²) in [5, 5.41) is 27.5. The number of carbonyl (C=O) groups is 1. The number of amides is 1. The van der Waals surface area contributed by atoms with Crippen molar-refractivity contribution in [2.45, 2.75) is 26.3 Å². The Bertz CT molecular complexity index is 796. The van der Waals surface area contributed by atoms with Crippen molar-refractivity contribution in [1.29, 1.82) is 10.5 Å². The van der Waals surface area contributed by atoms with Crippen molar-refractivity contribution in [3.63, 3.8) is 0 Å². The Morgan fingerprint density at radius 1 is 1.20 bits per heavy atom. The Morgan fingerprint density at radius 2 is 1.92 bits per heavy atom. The number of nitrogens with zero attached hydrogens (tertiary/aromatic N) is 2. The van der Waals surface area contributed by atoms with Gasteiger partial charge in [0.25, 0.3) is 0 Å². The van der Waals surface area contributed by atoms with Crippen molar-refractivity contribution < 1.29 is 4.79 Å². The van der Waals surface area contributed by atoms with Crippen molar-refractivity contribution in [3.05, 3.63) is 40.6 Å². The molecule has 5 nitrogen and oxygen atoms in total. The van der Waals surface area contributed by atoms with Crippen LogP contribution in [0.3, 0.4) is 0 Å². The molecule has 0 radical (unpaired) electrons. The molecule has 0 fully saturated rings. The first-order chi connectivity index (χ1) is 12.0. The maximum atomic E-state index is 12.3. The SMILES string of the molecule is CC(C)C[C@H](Nc1cscc1-c1ccc(C#N)cc1)C(=O)NCC#N. The third-order valence-corrected chi connectivity index (χ3v) is 4.43. The van der Waals surface area contributed by atoms with Gasteiger partial charge in [0.2, 0.25) is 5.91 Å². The zero-order valence-corrected chi connectivity index (χ0v) is 15.1. The summed E-state index contributed by atoms with van der Waals surface area (Å²) in [6.45, 7) is 4.12. The molecule has 2 rings (SSSR count). The molecule has 6 heteroatoms. The third-order valence-electron chi connectivity index (χ3n) is 3.68. The molecule has 1 atom stereocenters. The van der Waals surface area contributed by atoms with E-state index in [0.717, 1.165) is 16.8 Å². The highest BCUT2D eigenvalue weighted by Gasteiger charge is 2.21. The van der Waals surface area contributed by atoms with E-state index in [1.54, 1.807) is 23.5 Å². The molecule has 2 N–H and O–H groups in total. The molecule has 0 bridgehead atoms. The van der Waals surface area contributed by atoms with Gasteiger partial charge in [-0.25, -0.2) is 0 Å². The molecule has 0 aliphatic carbocycles. The average molecular weight is 352 g/mol. The summed E-state index contributed by atoms with van der Waals surface area (Å²) in [6.07, 6.45) is 0.667. The summed E-state index contributed by atoms with van der Waals surface area (Å²) >= 11 is 1.55. The van der Waals surface area contributed by atoms with Gasteiger partial charge in [-0.15, -0.1) is 11.3 Å². The maximum absolute atomic E-state index is 12.3. The highest BCUT2D eigenvalue weighted by Crippen LogP contribution is 2.32. The first kappa shape index (κ1) is 18.5. The fourth-order valence-electron chi connectivity index (χ4n) is 2.50. The molecule has 1 heterocycles. The van der Waals surface area contributed by atoms with Gasteiger partial charge in [-0.1, -0.05) is 26.0 Å². The van der Waals surface area contributed by atoms with E-state index in [4.69, 9.17) is 10.5 Å². The topological polar surface area (TPSA) is 88.7 Å². The Labute approximate surface area is 151 Å². The third kappa shape index (κ3) is 5.07. The Balaban J connectivity index is 2.22. The van der Waals surface area contributed by atoms with Crippen LogP contribution < -0.4 is 10.6 Å². The van der Waals surface area contributed by atoms with Gasteiger partial charge in [0, 0.05) is 16.3 Å². The number of nitriles is 2. The number of hydrogen-bond donors (Lipinski definition) is 2. The summed E-state index contributed by atoms with van der Waals surface area (Å²) in [5.41, 5.74) is 3.48. The van der Waals surface area contributed by atoms with Gasteiger partial charge >= 0.3 is 0 Å². The van der Waals surface area contributed by atoms with Crippen molar-refractivity contribution in [2.24, 2.45) is 5.92 Å². The van der Waals surface area contributed by atoms with Crippen LogP contribution in [0.1, 0.15) is 25.8 Å². The first-order valence-corrected chi connectivity index (χ1v) is 8.97. The number of benzene rings is 1. The van der Waals surface area contributed by atoms with E-state index >= 15 is 0 Å². The fraction of sp³-hybridized carbons (Fsp3) is 0.316. The normalized spacial score (nSPS) is 11.4. The fourth-order valence-corrected chi connectivity index (χ4v) is 3.30. The number of thiophene rings is 1. The summed E-state index contributed by atoms with van der Waals surface area (Å²) in [6, 6.07) is 11.0. The number of hydrogen-bond acceptors (Lipinski definition) is 5. The highest BCUT2D eigenvalue weighted by molar-refractivity contribution is 7.08. The standard InChI is InChI=1S/C19H20N4OS/c1-13(2)9-17(19(24)22-8-7-20)23-18-12-25-11-16(18)15-5-3-14(10-21)4-6-15/h3-6,11-13,17,23H,8-9H2,1-2H3,(H,22,24)/t17-/m0/s1. The Morgan fingerprint density at radius 3 is 2.52 bits per heavy atom. The molecule has 0 aliphatic rings. The molecule has 0 aliphatic heterocycles. The van der Waals surface area contributed by atoms with E-state index in [9.17, 15) is 4.79 Å². The van der Waals surface area contributed by atoms with Gasteiger partial charge in [0.15, 0.2) is 0 Å². The predicted octanol–water partition coefficient (Wildman–Crippen LogP) is 3.75. The molecule has 0 saturated carbocycles. The maximum Gasteiger partial charge on any atom is 0.243 e. The predicted molar refractivity (Wildman–Crippen MR) is 100.0 cm³/mol. The van der Waals surface area contributed by atoms with Crippen LogP contribution in [-0.4, -0.2) is 18.5 Å². The molecule has 0 unspecified atom stereocenters. The van der Waals surface area contributed by atoms with Crippen LogP contribution in [0.4, 0.5) is 5.69 Å². The second-order valence-electron chi connectivity index (χ2n) is 6.09. The van der Waals surface area contributed by atoms with E-state index < -0.39 is 6.04 Å².